The minimum absolute atomic E-state index is 0.703. The van der Waals surface area contributed by atoms with Crippen LogP contribution in [0.1, 0.15) is 30.5 Å². The van der Waals surface area contributed by atoms with Crippen molar-refractivity contribution in [3.05, 3.63) is 16.1 Å². The van der Waals surface area contributed by atoms with Gasteiger partial charge in [0.25, 0.3) is 0 Å². The maximum atomic E-state index is 5.53. The Morgan fingerprint density at radius 3 is 3.19 bits per heavy atom. The van der Waals surface area contributed by atoms with Crippen LogP contribution in [0.25, 0.3) is 0 Å². The van der Waals surface area contributed by atoms with E-state index in [1.54, 1.807) is 11.3 Å². The zero-order valence-corrected chi connectivity index (χ0v) is 10.8. The molecule has 1 aromatic rings. The van der Waals surface area contributed by atoms with Gasteiger partial charge < -0.3 is 5.73 Å². The molecule has 0 amide bonds. The van der Waals surface area contributed by atoms with Gasteiger partial charge in [-0.1, -0.05) is 13.3 Å². The molecule has 2 N–H and O–H groups in total. The summed E-state index contributed by atoms with van der Waals surface area (Å²) in [7, 11) is 0. The second-order valence-corrected chi connectivity index (χ2v) is 5.51. The van der Waals surface area contributed by atoms with Gasteiger partial charge in [0, 0.05) is 24.9 Å². The number of likely N-dealkylation sites (tertiary alicyclic amines) is 1. The molecule has 0 saturated carbocycles. The van der Waals surface area contributed by atoms with E-state index in [4.69, 9.17) is 5.73 Å². The molecule has 2 rings (SSSR count). The van der Waals surface area contributed by atoms with Gasteiger partial charge >= 0.3 is 0 Å². The lowest BCUT2D eigenvalue weighted by Crippen LogP contribution is -2.20. The number of nitrogens with two attached hydrogens (primary N) is 1. The van der Waals surface area contributed by atoms with Crippen molar-refractivity contribution in [1.29, 1.82) is 0 Å². The van der Waals surface area contributed by atoms with Crippen molar-refractivity contribution in [3.63, 3.8) is 0 Å². The average Bonchev–Trinajstić information content (AvgIpc) is 2.89. The van der Waals surface area contributed by atoms with Crippen molar-refractivity contribution in [3.8, 4) is 0 Å². The number of rotatable bonds is 5. The van der Waals surface area contributed by atoms with Gasteiger partial charge in [-0.25, -0.2) is 4.98 Å². The summed E-state index contributed by atoms with van der Waals surface area (Å²) in [6.45, 7) is 6.50. The van der Waals surface area contributed by atoms with Gasteiger partial charge in [0.1, 0.15) is 0 Å². The van der Waals surface area contributed by atoms with Gasteiger partial charge in [-0.05, 0) is 25.4 Å². The molecular formula is C12H21N3S. The van der Waals surface area contributed by atoms with Gasteiger partial charge in [-0.15, -0.1) is 11.3 Å². The summed E-state index contributed by atoms with van der Waals surface area (Å²) < 4.78 is 0. The van der Waals surface area contributed by atoms with Crippen LogP contribution in [0.4, 0.5) is 0 Å². The summed E-state index contributed by atoms with van der Waals surface area (Å²) in [6, 6.07) is 0. The lowest BCUT2D eigenvalue weighted by Gasteiger charge is -2.13. The van der Waals surface area contributed by atoms with Crippen molar-refractivity contribution in [2.24, 2.45) is 11.7 Å². The Bertz CT molecular complexity index is 324. The molecule has 1 unspecified atom stereocenters. The molecule has 16 heavy (non-hydrogen) atoms. The smallest absolute Gasteiger partial charge is 0.0941 e. The fourth-order valence-corrected chi connectivity index (χ4v) is 3.08. The summed E-state index contributed by atoms with van der Waals surface area (Å²) in [5.74, 6) is 0.905. The Labute approximate surface area is 102 Å². The topological polar surface area (TPSA) is 42.1 Å². The first kappa shape index (κ1) is 12.0. The van der Waals surface area contributed by atoms with Crippen molar-refractivity contribution in [1.82, 2.24) is 9.88 Å². The van der Waals surface area contributed by atoms with E-state index in [1.165, 1.54) is 36.6 Å². The van der Waals surface area contributed by atoms with Gasteiger partial charge in [0.15, 0.2) is 0 Å². The van der Waals surface area contributed by atoms with Crippen LogP contribution in [0, 0.1) is 5.92 Å². The molecule has 1 aromatic heterocycles. The van der Waals surface area contributed by atoms with Gasteiger partial charge in [0.2, 0.25) is 0 Å². The zero-order valence-electron chi connectivity index (χ0n) is 9.98. The number of hydrogen-bond donors (Lipinski definition) is 1. The maximum absolute atomic E-state index is 5.53. The first-order valence-electron chi connectivity index (χ1n) is 6.17. The number of aromatic nitrogens is 1. The third-order valence-corrected chi connectivity index (χ3v) is 4.25. The molecule has 1 atom stereocenters. The van der Waals surface area contributed by atoms with Crippen LogP contribution in [0.5, 0.6) is 0 Å². The average molecular weight is 239 g/mol. The van der Waals surface area contributed by atoms with E-state index in [0.717, 1.165) is 18.9 Å². The zero-order chi connectivity index (χ0) is 11.4. The normalized spacial score (nSPS) is 21.8. The minimum atomic E-state index is 0.703. The summed E-state index contributed by atoms with van der Waals surface area (Å²) in [5.41, 5.74) is 6.75. The highest BCUT2D eigenvalue weighted by Gasteiger charge is 2.21. The molecular weight excluding hydrogens is 218 g/mol. The van der Waals surface area contributed by atoms with Crippen LogP contribution < -0.4 is 5.73 Å². The summed E-state index contributed by atoms with van der Waals surface area (Å²) in [4.78, 5) is 7.13. The Kier molecular flexibility index (Phi) is 4.32. The molecule has 90 valence electrons. The van der Waals surface area contributed by atoms with Crippen LogP contribution in [-0.2, 0) is 13.0 Å². The van der Waals surface area contributed by atoms with E-state index >= 15 is 0 Å². The minimum Gasteiger partial charge on any atom is -0.330 e. The quantitative estimate of drug-likeness (QED) is 0.853. The highest BCUT2D eigenvalue weighted by atomic mass is 32.1. The number of hydrogen-bond acceptors (Lipinski definition) is 4. The molecule has 0 bridgehead atoms. The third kappa shape index (κ3) is 3.03. The first-order valence-corrected chi connectivity index (χ1v) is 7.05. The monoisotopic (exact) mass is 239 g/mol. The van der Waals surface area contributed by atoms with E-state index in [-0.39, 0.29) is 0 Å². The first-order chi connectivity index (χ1) is 7.81. The standard InChI is InChI=1S/C12H21N3S/c1-2-10-4-6-15(7-10)8-11-9-16-12(14-11)3-5-13/h9-10H,2-8,13H2,1H3. The molecule has 1 aliphatic heterocycles. The molecule has 1 saturated heterocycles. The van der Waals surface area contributed by atoms with E-state index in [0.29, 0.717) is 6.54 Å². The fraction of sp³-hybridized carbons (Fsp3) is 0.750. The SMILES string of the molecule is CCC1CCN(Cc2csc(CCN)n2)C1. The van der Waals surface area contributed by atoms with E-state index < -0.39 is 0 Å². The molecule has 1 aliphatic rings. The predicted molar refractivity (Wildman–Crippen MR) is 68.5 cm³/mol. The van der Waals surface area contributed by atoms with E-state index in [9.17, 15) is 0 Å². The van der Waals surface area contributed by atoms with Crippen LogP contribution in [-0.4, -0.2) is 29.5 Å². The van der Waals surface area contributed by atoms with Crippen LogP contribution >= 0.6 is 11.3 Å². The Morgan fingerprint density at radius 1 is 1.62 bits per heavy atom. The second kappa shape index (κ2) is 5.75. The molecule has 0 radical (unpaired) electrons. The van der Waals surface area contributed by atoms with E-state index in [2.05, 4.69) is 22.2 Å². The maximum Gasteiger partial charge on any atom is 0.0941 e. The molecule has 0 aliphatic carbocycles. The third-order valence-electron chi connectivity index (χ3n) is 3.29. The van der Waals surface area contributed by atoms with Gasteiger partial charge in [0.05, 0.1) is 10.7 Å². The van der Waals surface area contributed by atoms with E-state index in [1.807, 2.05) is 0 Å². The van der Waals surface area contributed by atoms with Crippen molar-refractivity contribution >= 4 is 11.3 Å². The van der Waals surface area contributed by atoms with Crippen LogP contribution in [0.15, 0.2) is 5.38 Å². The van der Waals surface area contributed by atoms with Gasteiger partial charge in [-0.3, -0.25) is 4.90 Å². The summed E-state index contributed by atoms with van der Waals surface area (Å²) in [6.07, 6.45) is 3.59. The molecule has 0 spiro atoms. The lowest BCUT2D eigenvalue weighted by atomic mass is 10.1. The highest BCUT2D eigenvalue weighted by Crippen LogP contribution is 2.21. The Balaban J connectivity index is 1.84. The highest BCUT2D eigenvalue weighted by molar-refractivity contribution is 7.09. The summed E-state index contributed by atoms with van der Waals surface area (Å²) >= 11 is 1.75. The van der Waals surface area contributed by atoms with Crippen LogP contribution in [0.2, 0.25) is 0 Å². The summed E-state index contributed by atoms with van der Waals surface area (Å²) in [5, 5.41) is 3.37. The second-order valence-electron chi connectivity index (χ2n) is 4.57. The molecule has 4 heteroatoms. The fourth-order valence-electron chi connectivity index (χ4n) is 2.28. The molecule has 1 fully saturated rings. The molecule has 0 aromatic carbocycles. The number of nitrogens with zero attached hydrogens (tertiary/aromatic N) is 2. The lowest BCUT2D eigenvalue weighted by molar-refractivity contribution is 0.312. The van der Waals surface area contributed by atoms with Crippen molar-refractivity contribution < 1.29 is 0 Å². The predicted octanol–water partition coefficient (Wildman–Crippen LogP) is 1.88. The van der Waals surface area contributed by atoms with Crippen molar-refractivity contribution in [2.45, 2.75) is 32.7 Å². The Hall–Kier alpha value is -0.450. The van der Waals surface area contributed by atoms with Crippen LogP contribution in [0.3, 0.4) is 0 Å². The largest absolute Gasteiger partial charge is 0.330 e. The Morgan fingerprint density at radius 2 is 2.50 bits per heavy atom. The molecule has 3 nitrogen and oxygen atoms in total. The van der Waals surface area contributed by atoms with Gasteiger partial charge in [-0.2, -0.15) is 0 Å². The number of thiazole rings is 1. The molecule has 2 heterocycles. The van der Waals surface area contributed by atoms with Crippen molar-refractivity contribution in [2.75, 3.05) is 19.6 Å².